The van der Waals surface area contributed by atoms with Crippen molar-refractivity contribution in [2.24, 2.45) is 10.7 Å². The van der Waals surface area contributed by atoms with Gasteiger partial charge in [-0.25, -0.2) is 14.8 Å². The van der Waals surface area contributed by atoms with E-state index in [0.717, 1.165) is 0 Å². The summed E-state index contributed by atoms with van der Waals surface area (Å²) in [5.41, 5.74) is 5.42. The number of aromatic nitrogens is 1. The van der Waals surface area contributed by atoms with Crippen LogP contribution in [0.15, 0.2) is 42.0 Å². The molecule has 16 heavy (non-hydrogen) atoms. The molecule has 0 atom stereocenters. The summed E-state index contributed by atoms with van der Waals surface area (Å²) in [4.78, 5) is 19.1. The first-order chi connectivity index (χ1) is 7.72. The second kappa shape index (κ2) is 6.18. The van der Waals surface area contributed by atoms with Crippen LogP contribution in [-0.4, -0.2) is 23.5 Å². The molecule has 0 bridgehead atoms. The van der Waals surface area contributed by atoms with Gasteiger partial charge in [-0.15, -0.1) is 6.58 Å². The van der Waals surface area contributed by atoms with Crippen molar-refractivity contribution >= 4 is 17.8 Å². The van der Waals surface area contributed by atoms with Crippen molar-refractivity contribution in [3.05, 3.63) is 37.1 Å². The molecule has 1 aromatic rings. The Balaban J connectivity index is 2.45. The number of aliphatic imine (C=N–C) groups is 1. The van der Waals surface area contributed by atoms with E-state index in [9.17, 15) is 4.79 Å². The van der Waals surface area contributed by atoms with E-state index in [0.29, 0.717) is 12.4 Å². The van der Waals surface area contributed by atoms with Crippen LogP contribution in [0.4, 0.5) is 10.6 Å². The second-order valence-corrected chi connectivity index (χ2v) is 2.81. The van der Waals surface area contributed by atoms with E-state index in [4.69, 9.17) is 5.73 Å². The van der Waals surface area contributed by atoms with Crippen molar-refractivity contribution in [3.8, 4) is 0 Å². The molecule has 0 spiro atoms. The Morgan fingerprint density at radius 1 is 1.62 bits per heavy atom. The summed E-state index contributed by atoms with van der Waals surface area (Å²) in [6, 6.07) is 4.70. The zero-order valence-corrected chi connectivity index (χ0v) is 8.68. The molecule has 2 amide bonds. The fraction of sp³-hybridized carbons (Fsp3) is 0.100. The number of guanidine groups is 1. The fourth-order valence-corrected chi connectivity index (χ4v) is 0.903. The summed E-state index contributed by atoms with van der Waals surface area (Å²) >= 11 is 0. The minimum Gasteiger partial charge on any atom is -0.370 e. The Hall–Kier alpha value is -2.37. The quantitative estimate of drug-likeness (QED) is 0.397. The van der Waals surface area contributed by atoms with E-state index in [1.54, 1.807) is 30.5 Å². The lowest BCUT2D eigenvalue weighted by atomic mass is 10.5. The lowest BCUT2D eigenvalue weighted by Crippen LogP contribution is -2.39. The van der Waals surface area contributed by atoms with Crippen LogP contribution in [0.1, 0.15) is 0 Å². The standard InChI is InChI=1S/C10H13N5O/c1-2-6-13-9(11)15-10(16)14-8-5-3-4-7-12-8/h2-5,7H,1,6H2,(H4,11,12,13,14,15,16). The molecule has 6 heteroatoms. The Kier molecular flexibility index (Phi) is 4.52. The molecule has 0 radical (unpaired) electrons. The smallest absolute Gasteiger partial charge is 0.327 e. The molecule has 1 rings (SSSR count). The molecule has 4 N–H and O–H groups in total. The molecule has 6 nitrogen and oxygen atoms in total. The molecule has 1 aromatic heterocycles. The Labute approximate surface area is 93.3 Å². The van der Waals surface area contributed by atoms with Gasteiger partial charge in [0.1, 0.15) is 5.82 Å². The van der Waals surface area contributed by atoms with E-state index >= 15 is 0 Å². The molecule has 0 aliphatic heterocycles. The van der Waals surface area contributed by atoms with Gasteiger partial charge < -0.3 is 5.73 Å². The second-order valence-electron chi connectivity index (χ2n) is 2.81. The summed E-state index contributed by atoms with van der Waals surface area (Å²) in [7, 11) is 0. The van der Waals surface area contributed by atoms with Gasteiger partial charge in [-0.3, -0.25) is 10.6 Å². The summed E-state index contributed by atoms with van der Waals surface area (Å²) in [5.74, 6) is 0.477. The number of nitrogens with two attached hydrogens (primary N) is 1. The Morgan fingerprint density at radius 2 is 2.44 bits per heavy atom. The number of carbonyl (C=O) groups is 1. The van der Waals surface area contributed by atoms with E-state index < -0.39 is 6.03 Å². The molecule has 0 fully saturated rings. The van der Waals surface area contributed by atoms with Crippen LogP contribution < -0.4 is 16.4 Å². The van der Waals surface area contributed by atoms with Crippen LogP contribution in [0.3, 0.4) is 0 Å². The van der Waals surface area contributed by atoms with Gasteiger partial charge in [0.15, 0.2) is 5.96 Å². The first kappa shape index (κ1) is 11.7. The number of rotatable bonds is 3. The van der Waals surface area contributed by atoms with Gasteiger partial charge in [0.25, 0.3) is 0 Å². The van der Waals surface area contributed by atoms with E-state index in [2.05, 4.69) is 27.2 Å². The SMILES string of the molecule is C=CCN=C(N)NC(=O)Nc1ccccn1. The first-order valence-corrected chi connectivity index (χ1v) is 4.62. The number of hydrogen-bond acceptors (Lipinski definition) is 3. The topological polar surface area (TPSA) is 92.4 Å². The Morgan fingerprint density at radius 3 is 3.06 bits per heavy atom. The zero-order chi connectivity index (χ0) is 11.8. The van der Waals surface area contributed by atoms with Crippen LogP contribution >= 0.6 is 0 Å². The molecule has 1 heterocycles. The third kappa shape index (κ3) is 4.23. The highest BCUT2D eigenvalue weighted by atomic mass is 16.2. The van der Waals surface area contributed by atoms with Crippen molar-refractivity contribution in [2.45, 2.75) is 0 Å². The Bertz CT molecular complexity index is 387. The number of nitrogens with zero attached hydrogens (tertiary/aromatic N) is 2. The van der Waals surface area contributed by atoms with Crippen molar-refractivity contribution in [3.63, 3.8) is 0 Å². The van der Waals surface area contributed by atoms with Crippen LogP contribution in [-0.2, 0) is 0 Å². The van der Waals surface area contributed by atoms with Crippen molar-refractivity contribution < 1.29 is 4.79 Å². The third-order valence-electron chi connectivity index (χ3n) is 1.54. The average Bonchev–Trinajstić information content (AvgIpc) is 2.27. The molecular formula is C10H13N5O. The molecule has 84 valence electrons. The molecule has 0 saturated carbocycles. The van der Waals surface area contributed by atoms with Gasteiger partial charge in [-0.05, 0) is 12.1 Å². The normalized spacial score (nSPS) is 10.6. The minimum absolute atomic E-state index is 0.0355. The van der Waals surface area contributed by atoms with Crippen LogP contribution in [0.2, 0.25) is 0 Å². The number of hydrogen-bond donors (Lipinski definition) is 3. The molecule has 0 saturated heterocycles. The molecule has 0 aromatic carbocycles. The van der Waals surface area contributed by atoms with E-state index in [1.807, 2.05) is 0 Å². The molecule has 0 aliphatic carbocycles. The van der Waals surface area contributed by atoms with Gasteiger partial charge in [0.2, 0.25) is 0 Å². The predicted molar refractivity (Wildman–Crippen MR) is 63.1 cm³/mol. The fourth-order valence-electron chi connectivity index (χ4n) is 0.903. The lowest BCUT2D eigenvalue weighted by Gasteiger charge is -2.05. The summed E-state index contributed by atoms with van der Waals surface area (Å²) in [6.07, 6.45) is 3.15. The van der Waals surface area contributed by atoms with E-state index in [-0.39, 0.29) is 5.96 Å². The monoisotopic (exact) mass is 219 g/mol. The molecule has 0 unspecified atom stereocenters. The van der Waals surface area contributed by atoms with Gasteiger partial charge >= 0.3 is 6.03 Å². The minimum atomic E-state index is -0.482. The van der Waals surface area contributed by atoms with Crippen molar-refractivity contribution in [2.75, 3.05) is 11.9 Å². The first-order valence-electron chi connectivity index (χ1n) is 4.62. The largest absolute Gasteiger partial charge is 0.370 e. The van der Waals surface area contributed by atoms with Gasteiger partial charge in [0, 0.05) is 6.20 Å². The van der Waals surface area contributed by atoms with Gasteiger partial charge in [-0.1, -0.05) is 12.1 Å². The number of pyridine rings is 1. The number of nitrogens with one attached hydrogen (secondary N) is 2. The zero-order valence-electron chi connectivity index (χ0n) is 8.68. The maximum atomic E-state index is 11.3. The maximum Gasteiger partial charge on any atom is 0.327 e. The summed E-state index contributed by atoms with van der Waals surface area (Å²) in [6.45, 7) is 3.84. The lowest BCUT2D eigenvalue weighted by molar-refractivity contribution is 0.256. The predicted octanol–water partition coefficient (Wildman–Crippen LogP) is 0.704. The number of amides is 2. The van der Waals surface area contributed by atoms with Crippen LogP contribution in [0, 0.1) is 0 Å². The molecule has 0 aliphatic rings. The number of anilines is 1. The highest BCUT2D eigenvalue weighted by Gasteiger charge is 2.02. The van der Waals surface area contributed by atoms with Crippen molar-refractivity contribution in [1.82, 2.24) is 10.3 Å². The average molecular weight is 219 g/mol. The highest BCUT2D eigenvalue weighted by Crippen LogP contribution is 1.98. The summed E-state index contributed by atoms with van der Waals surface area (Å²) in [5, 5.41) is 4.85. The van der Waals surface area contributed by atoms with Gasteiger partial charge in [0.05, 0.1) is 6.54 Å². The third-order valence-corrected chi connectivity index (χ3v) is 1.54. The highest BCUT2D eigenvalue weighted by molar-refractivity contribution is 6.01. The maximum absolute atomic E-state index is 11.3. The number of urea groups is 1. The summed E-state index contributed by atoms with van der Waals surface area (Å²) < 4.78 is 0. The van der Waals surface area contributed by atoms with E-state index in [1.165, 1.54) is 0 Å². The van der Waals surface area contributed by atoms with Gasteiger partial charge in [-0.2, -0.15) is 0 Å². The number of carbonyl (C=O) groups excluding carboxylic acids is 1. The van der Waals surface area contributed by atoms with Crippen LogP contribution in [0.25, 0.3) is 0 Å². The van der Waals surface area contributed by atoms with Crippen molar-refractivity contribution in [1.29, 1.82) is 0 Å². The molecular weight excluding hydrogens is 206 g/mol. The van der Waals surface area contributed by atoms with Crippen LogP contribution in [0.5, 0.6) is 0 Å².